The van der Waals surface area contributed by atoms with Gasteiger partial charge in [0, 0.05) is 19.9 Å². The van der Waals surface area contributed by atoms with Crippen molar-refractivity contribution in [2.75, 3.05) is 26.8 Å². The minimum Gasteiger partial charge on any atom is -0.491 e. The lowest BCUT2D eigenvalue weighted by Crippen LogP contribution is -2.51. The van der Waals surface area contributed by atoms with Crippen LogP contribution in [-0.2, 0) is 20.8 Å². The Morgan fingerprint density at radius 1 is 0.941 bits per heavy atom. The molecule has 0 bridgehead atoms. The first-order valence-corrected chi connectivity index (χ1v) is 16.7. The van der Waals surface area contributed by atoms with Crippen molar-refractivity contribution < 1.29 is 37.8 Å². The van der Waals surface area contributed by atoms with E-state index in [0.717, 1.165) is 5.56 Å². The van der Waals surface area contributed by atoms with Crippen molar-refractivity contribution in [3.8, 4) is 23.0 Å². The van der Waals surface area contributed by atoms with Gasteiger partial charge in [0.2, 0.25) is 23.5 Å². The summed E-state index contributed by atoms with van der Waals surface area (Å²) < 4.78 is 32.3. The van der Waals surface area contributed by atoms with Crippen LogP contribution in [0.4, 0.5) is 4.39 Å². The van der Waals surface area contributed by atoms with E-state index >= 15 is 0 Å². The minimum absolute atomic E-state index is 0.0606. The Labute approximate surface area is 296 Å². The largest absolute Gasteiger partial charge is 0.491 e. The van der Waals surface area contributed by atoms with E-state index < -0.39 is 41.7 Å². The third-order valence-corrected chi connectivity index (χ3v) is 8.16. The second kappa shape index (κ2) is 17.7. The summed E-state index contributed by atoms with van der Waals surface area (Å²) in [7, 11) is 1.63. The molecule has 0 aromatic heterocycles. The summed E-state index contributed by atoms with van der Waals surface area (Å²) in [6, 6.07) is 26.3. The van der Waals surface area contributed by atoms with Crippen molar-refractivity contribution >= 4 is 23.6 Å². The summed E-state index contributed by atoms with van der Waals surface area (Å²) in [4.78, 5) is 55.4. The monoisotopic (exact) mass is 696 g/mol. The van der Waals surface area contributed by atoms with E-state index in [1.54, 1.807) is 68.6 Å². The van der Waals surface area contributed by atoms with Gasteiger partial charge in [-0.15, -0.1) is 0 Å². The van der Waals surface area contributed by atoms with Gasteiger partial charge < -0.3 is 35.1 Å². The van der Waals surface area contributed by atoms with E-state index in [9.17, 15) is 23.6 Å². The highest BCUT2D eigenvalue weighted by atomic mass is 19.1. The number of nitrogens with one attached hydrogen (secondary N) is 3. The molecule has 1 aliphatic heterocycles. The summed E-state index contributed by atoms with van der Waals surface area (Å²) in [5, 5.41) is 8.41. The van der Waals surface area contributed by atoms with E-state index in [1.807, 2.05) is 36.4 Å². The highest BCUT2D eigenvalue weighted by molar-refractivity contribution is 6.00. The quantitative estimate of drug-likeness (QED) is 0.232. The molecule has 3 atom stereocenters. The Kier molecular flexibility index (Phi) is 12.6. The van der Waals surface area contributed by atoms with E-state index in [2.05, 4.69) is 16.0 Å². The van der Waals surface area contributed by atoms with Gasteiger partial charge in [0.1, 0.15) is 36.8 Å². The minimum atomic E-state index is -1.14. The summed E-state index contributed by atoms with van der Waals surface area (Å²) >= 11 is 0. The lowest BCUT2D eigenvalue weighted by Gasteiger charge is -2.25. The van der Waals surface area contributed by atoms with E-state index in [4.69, 9.17) is 14.2 Å². The van der Waals surface area contributed by atoms with Gasteiger partial charge in [-0.3, -0.25) is 19.2 Å². The number of hydrogen-bond donors (Lipinski definition) is 3. The lowest BCUT2D eigenvalue weighted by atomic mass is 10.0. The van der Waals surface area contributed by atoms with Gasteiger partial charge in [-0.2, -0.15) is 0 Å². The van der Waals surface area contributed by atoms with Gasteiger partial charge in [-0.1, -0.05) is 66.7 Å². The third kappa shape index (κ3) is 10.3. The molecular formula is C39H41FN4O7. The maximum atomic E-state index is 14.7. The van der Waals surface area contributed by atoms with E-state index in [-0.39, 0.29) is 67.7 Å². The van der Waals surface area contributed by atoms with Gasteiger partial charge in [0.05, 0.1) is 18.2 Å². The first-order chi connectivity index (χ1) is 24.7. The number of carbonyl (C=O) groups excluding carboxylic acids is 4. The lowest BCUT2D eigenvalue weighted by molar-refractivity contribution is -0.135. The molecule has 0 saturated heterocycles. The second-order valence-corrected chi connectivity index (χ2v) is 12.2. The average Bonchev–Trinajstić information content (AvgIpc) is 3.13. The Balaban J connectivity index is 1.30. The molecule has 3 N–H and O–H groups in total. The Hall–Kier alpha value is -5.91. The molecule has 5 rings (SSSR count). The molecule has 0 unspecified atom stereocenters. The predicted octanol–water partition coefficient (Wildman–Crippen LogP) is 4.66. The molecule has 4 aromatic carbocycles. The van der Waals surface area contributed by atoms with Crippen molar-refractivity contribution in [1.82, 2.24) is 20.9 Å². The summed E-state index contributed by atoms with van der Waals surface area (Å²) in [5.41, 5.74) is 1.06. The number of carbonyl (C=O) groups is 4. The molecule has 1 aliphatic rings. The van der Waals surface area contributed by atoms with Crippen LogP contribution in [-0.4, -0.2) is 73.5 Å². The Morgan fingerprint density at radius 3 is 2.41 bits per heavy atom. The second-order valence-electron chi connectivity index (χ2n) is 12.2. The van der Waals surface area contributed by atoms with Crippen molar-refractivity contribution in [2.45, 2.75) is 44.3 Å². The zero-order chi connectivity index (χ0) is 36.2. The maximum Gasteiger partial charge on any atom is 0.255 e. The van der Waals surface area contributed by atoms with Crippen LogP contribution in [0, 0.1) is 5.82 Å². The van der Waals surface area contributed by atoms with Gasteiger partial charge in [-0.25, -0.2) is 4.39 Å². The molecule has 4 aromatic rings. The molecule has 12 heteroatoms. The van der Waals surface area contributed by atoms with Gasteiger partial charge in [0.25, 0.3) is 5.91 Å². The zero-order valence-electron chi connectivity index (χ0n) is 28.5. The molecule has 0 aliphatic carbocycles. The van der Waals surface area contributed by atoms with Crippen LogP contribution in [0.1, 0.15) is 35.7 Å². The molecule has 0 radical (unpaired) electrons. The normalized spacial score (nSPS) is 17.7. The fourth-order valence-corrected chi connectivity index (χ4v) is 5.45. The Bertz CT molecular complexity index is 1810. The number of para-hydroxylation sites is 3. The van der Waals surface area contributed by atoms with Crippen LogP contribution in [0.15, 0.2) is 103 Å². The first-order valence-electron chi connectivity index (χ1n) is 16.7. The van der Waals surface area contributed by atoms with Crippen molar-refractivity contribution in [1.29, 1.82) is 0 Å². The molecule has 266 valence electrons. The van der Waals surface area contributed by atoms with Crippen LogP contribution in [0.3, 0.4) is 0 Å². The standard InChI is InChI=1S/C39H41FN4O7/c1-26(25-50-34-19-11-17-30(40)36(34)51-28-14-7-4-8-15-28)41-38(47)31-20-21-35(45)42-32(24-27-12-5-3-6-13-27)39(48)44(2)22-23-49-33-18-10-9-16-29(33)37(46)43-31/h3-19,26,31-32H,20-25H2,1-2H3,(H,41,47)(H,42,45)(H,43,46)/t26-,31+,32-/m1/s1. The summed E-state index contributed by atoms with van der Waals surface area (Å²) in [5.74, 6) is -1.76. The number of halogens is 1. The van der Waals surface area contributed by atoms with Crippen LogP contribution in [0.2, 0.25) is 0 Å². The Morgan fingerprint density at radius 2 is 1.65 bits per heavy atom. The fraction of sp³-hybridized carbons (Fsp3) is 0.282. The summed E-state index contributed by atoms with van der Waals surface area (Å²) in [6.07, 6.45) is 0.0369. The first kappa shape index (κ1) is 36.4. The van der Waals surface area contributed by atoms with E-state index in [1.165, 1.54) is 17.0 Å². The van der Waals surface area contributed by atoms with Gasteiger partial charge >= 0.3 is 0 Å². The molecule has 11 nitrogen and oxygen atoms in total. The number of likely N-dealkylation sites (N-methyl/N-ethyl adjacent to an activating group) is 1. The molecule has 0 saturated carbocycles. The van der Waals surface area contributed by atoms with Crippen LogP contribution in [0.5, 0.6) is 23.0 Å². The number of nitrogens with zero attached hydrogens (tertiary/aromatic N) is 1. The number of hydrogen-bond acceptors (Lipinski definition) is 7. The zero-order valence-corrected chi connectivity index (χ0v) is 28.5. The highest BCUT2D eigenvalue weighted by Gasteiger charge is 2.29. The average molecular weight is 697 g/mol. The number of fused-ring (bicyclic) bond motifs is 1. The van der Waals surface area contributed by atoms with Gasteiger partial charge in [-0.05, 0) is 55.3 Å². The predicted molar refractivity (Wildman–Crippen MR) is 188 cm³/mol. The van der Waals surface area contributed by atoms with Crippen LogP contribution < -0.4 is 30.2 Å². The molecule has 0 spiro atoms. The number of ether oxygens (including phenoxy) is 3. The number of rotatable bonds is 9. The van der Waals surface area contributed by atoms with Crippen molar-refractivity contribution in [3.05, 3.63) is 120 Å². The third-order valence-electron chi connectivity index (χ3n) is 8.16. The maximum absolute atomic E-state index is 14.7. The van der Waals surface area contributed by atoms with Crippen LogP contribution in [0.25, 0.3) is 0 Å². The molecule has 51 heavy (non-hydrogen) atoms. The smallest absolute Gasteiger partial charge is 0.255 e. The number of benzene rings is 4. The molecule has 4 amide bonds. The topological polar surface area (TPSA) is 135 Å². The molecule has 1 heterocycles. The molecule has 0 fully saturated rings. The fourth-order valence-electron chi connectivity index (χ4n) is 5.45. The SMILES string of the molecule is C[C@H](COc1cccc(F)c1Oc1ccccc1)NC(=O)[C@@H]1CCC(=O)N[C@H](Cc2ccccc2)C(=O)N(C)CCOc2ccccc2C(=O)N1. The highest BCUT2D eigenvalue weighted by Crippen LogP contribution is 2.34. The van der Waals surface area contributed by atoms with E-state index in [0.29, 0.717) is 5.75 Å². The molecular weight excluding hydrogens is 655 g/mol. The van der Waals surface area contributed by atoms with Gasteiger partial charge in [0.15, 0.2) is 11.6 Å². The van der Waals surface area contributed by atoms with Crippen molar-refractivity contribution in [2.24, 2.45) is 0 Å². The van der Waals surface area contributed by atoms with Crippen LogP contribution >= 0.6 is 0 Å². The van der Waals surface area contributed by atoms with Crippen molar-refractivity contribution in [3.63, 3.8) is 0 Å². The summed E-state index contributed by atoms with van der Waals surface area (Å²) in [6.45, 7) is 1.92. The number of amides is 4.